The maximum atomic E-state index is 9.42. The zero-order chi connectivity index (χ0) is 11.1. The zero-order valence-electron chi connectivity index (χ0n) is 8.20. The van der Waals surface area contributed by atoms with Crippen molar-refractivity contribution in [3.63, 3.8) is 0 Å². The van der Waals surface area contributed by atoms with Gasteiger partial charge in [-0.2, -0.15) is 0 Å². The minimum absolute atomic E-state index is 0.283. The molecule has 0 saturated heterocycles. The van der Waals surface area contributed by atoms with E-state index in [1.807, 2.05) is 24.3 Å². The maximum absolute atomic E-state index is 9.42. The van der Waals surface area contributed by atoms with Gasteiger partial charge in [-0.3, -0.25) is 0 Å². The number of halogens is 1. The van der Waals surface area contributed by atoms with Crippen LogP contribution in [0.1, 0.15) is 0 Å². The topological polar surface area (TPSA) is 32.3 Å². The SMILES string of the molecule is Oc1ccc2c(c1)Sc1ccc(Cl)cc1N2. The molecule has 2 aromatic carbocycles. The summed E-state index contributed by atoms with van der Waals surface area (Å²) in [5.41, 5.74) is 2.01. The predicted octanol–water partition coefficient (Wildman–Crippen LogP) is 4.25. The summed E-state index contributed by atoms with van der Waals surface area (Å²) in [6.45, 7) is 0. The van der Waals surface area contributed by atoms with Gasteiger partial charge in [0.2, 0.25) is 0 Å². The third kappa shape index (κ3) is 1.62. The van der Waals surface area contributed by atoms with E-state index in [0.29, 0.717) is 5.02 Å². The Hall–Kier alpha value is -1.32. The number of nitrogens with one attached hydrogen (secondary N) is 1. The van der Waals surface area contributed by atoms with E-state index in [-0.39, 0.29) is 5.75 Å². The Morgan fingerprint density at radius 3 is 2.75 bits per heavy atom. The van der Waals surface area contributed by atoms with Crippen LogP contribution in [0.4, 0.5) is 11.4 Å². The molecule has 0 spiro atoms. The van der Waals surface area contributed by atoms with Gasteiger partial charge >= 0.3 is 0 Å². The number of aromatic hydroxyl groups is 1. The Kier molecular flexibility index (Phi) is 2.23. The quantitative estimate of drug-likeness (QED) is 0.584. The summed E-state index contributed by atoms with van der Waals surface area (Å²) in [6.07, 6.45) is 0. The molecule has 3 rings (SSSR count). The van der Waals surface area contributed by atoms with E-state index in [9.17, 15) is 5.11 Å². The van der Waals surface area contributed by atoms with Crippen LogP contribution in [0.25, 0.3) is 0 Å². The lowest BCUT2D eigenvalue weighted by Gasteiger charge is -2.20. The first-order chi connectivity index (χ1) is 7.72. The molecule has 2 aromatic rings. The molecule has 0 fully saturated rings. The van der Waals surface area contributed by atoms with E-state index in [2.05, 4.69) is 5.32 Å². The fourth-order valence-electron chi connectivity index (χ4n) is 1.65. The number of hydrogen-bond acceptors (Lipinski definition) is 3. The summed E-state index contributed by atoms with van der Waals surface area (Å²) < 4.78 is 0. The van der Waals surface area contributed by atoms with Crippen molar-refractivity contribution in [2.75, 3.05) is 5.32 Å². The fraction of sp³-hybridized carbons (Fsp3) is 0. The van der Waals surface area contributed by atoms with Crippen LogP contribution in [0.3, 0.4) is 0 Å². The Balaban J connectivity index is 2.09. The molecule has 0 saturated carbocycles. The average Bonchev–Trinajstić information content (AvgIpc) is 2.26. The highest BCUT2D eigenvalue weighted by molar-refractivity contribution is 7.99. The number of phenols is 1. The van der Waals surface area contributed by atoms with Crippen molar-refractivity contribution in [1.82, 2.24) is 0 Å². The highest BCUT2D eigenvalue weighted by atomic mass is 35.5. The molecule has 2 N–H and O–H groups in total. The van der Waals surface area contributed by atoms with Gasteiger partial charge in [-0.25, -0.2) is 0 Å². The number of fused-ring (bicyclic) bond motifs is 2. The van der Waals surface area contributed by atoms with Crippen LogP contribution in [0.15, 0.2) is 46.2 Å². The van der Waals surface area contributed by atoms with Crippen LogP contribution in [0, 0.1) is 0 Å². The molecule has 16 heavy (non-hydrogen) atoms. The van der Waals surface area contributed by atoms with E-state index < -0.39 is 0 Å². The number of rotatable bonds is 0. The van der Waals surface area contributed by atoms with Crippen molar-refractivity contribution in [3.05, 3.63) is 41.4 Å². The van der Waals surface area contributed by atoms with Crippen molar-refractivity contribution in [2.24, 2.45) is 0 Å². The molecular formula is C12H8ClNOS. The summed E-state index contributed by atoms with van der Waals surface area (Å²) in [5, 5.41) is 13.4. The lowest BCUT2D eigenvalue weighted by atomic mass is 10.2. The number of phenolic OH excluding ortho intramolecular Hbond substituents is 1. The molecule has 0 amide bonds. The highest BCUT2D eigenvalue weighted by Crippen LogP contribution is 2.45. The third-order valence-electron chi connectivity index (χ3n) is 2.40. The predicted molar refractivity (Wildman–Crippen MR) is 67.0 cm³/mol. The van der Waals surface area contributed by atoms with Gasteiger partial charge in [0.1, 0.15) is 5.75 Å². The first kappa shape index (κ1) is 9.87. The van der Waals surface area contributed by atoms with Crippen molar-refractivity contribution < 1.29 is 5.11 Å². The second-order valence-electron chi connectivity index (χ2n) is 3.55. The Bertz CT molecular complexity index is 519. The second kappa shape index (κ2) is 3.61. The molecule has 1 heterocycles. The molecule has 0 radical (unpaired) electrons. The molecule has 80 valence electrons. The Labute approximate surface area is 102 Å². The van der Waals surface area contributed by atoms with Gasteiger partial charge in [0.05, 0.1) is 11.4 Å². The lowest BCUT2D eigenvalue weighted by molar-refractivity contribution is 0.474. The van der Waals surface area contributed by atoms with Gasteiger partial charge in [0.25, 0.3) is 0 Å². The van der Waals surface area contributed by atoms with Crippen molar-refractivity contribution >= 4 is 34.7 Å². The first-order valence-electron chi connectivity index (χ1n) is 4.80. The Morgan fingerprint density at radius 2 is 1.88 bits per heavy atom. The maximum Gasteiger partial charge on any atom is 0.116 e. The van der Waals surface area contributed by atoms with E-state index >= 15 is 0 Å². The minimum atomic E-state index is 0.283. The molecule has 0 bridgehead atoms. The molecule has 0 aromatic heterocycles. The monoisotopic (exact) mass is 249 g/mol. The zero-order valence-corrected chi connectivity index (χ0v) is 9.77. The van der Waals surface area contributed by atoms with Crippen LogP contribution in [-0.2, 0) is 0 Å². The van der Waals surface area contributed by atoms with E-state index in [4.69, 9.17) is 11.6 Å². The number of benzene rings is 2. The van der Waals surface area contributed by atoms with Gasteiger partial charge < -0.3 is 10.4 Å². The van der Waals surface area contributed by atoms with Gasteiger partial charge in [-0.15, -0.1) is 0 Å². The molecule has 1 aliphatic rings. The third-order valence-corrected chi connectivity index (χ3v) is 3.76. The fourth-order valence-corrected chi connectivity index (χ4v) is 2.82. The molecule has 0 atom stereocenters. The van der Waals surface area contributed by atoms with Gasteiger partial charge in [0.15, 0.2) is 0 Å². The highest BCUT2D eigenvalue weighted by Gasteiger charge is 2.15. The van der Waals surface area contributed by atoms with E-state index in [1.54, 1.807) is 23.9 Å². The normalized spacial score (nSPS) is 12.6. The lowest BCUT2D eigenvalue weighted by Crippen LogP contribution is -1.99. The largest absolute Gasteiger partial charge is 0.508 e. The summed E-state index contributed by atoms with van der Waals surface area (Å²) >= 11 is 7.56. The van der Waals surface area contributed by atoms with Crippen LogP contribution in [0.2, 0.25) is 5.02 Å². The summed E-state index contributed by atoms with van der Waals surface area (Å²) in [5.74, 6) is 0.283. The number of hydrogen-bond donors (Lipinski definition) is 2. The number of anilines is 2. The molecule has 2 nitrogen and oxygen atoms in total. The Morgan fingerprint density at radius 1 is 1.00 bits per heavy atom. The summed E-state index contributed by atoms with van der Waals surface area (Å²) in [6, 6.07) is 11.0. The molecular weight excluding hydrogens is 242 g/mol. The first-order valence-corrected chi connectivity index (χ1v) is 5.99. The van der Waals surface area contributed by atoms with Gasteiger partial charge in [-0.05, 0) is 36.4 Å². The summed E-state index contributed by atoms with van der Waals surface area (Å²) in [4.78, 5) is 2.14. The van der Waals surface area contributed by atoms with Crippen molar-refractivity contribution in [2.45, 2.75) is 9.79 Å². The molecule has 0 aliphatic carbocycles. The molecule has 0 unspecified atom stereocenters. The second-order valence-corrected chi connectivity index (χ2v) is 5.07. The van der Waals surface area contributed by atoms with Crippen molar-refractivity contribution in [3.8, 4) is 5.75 Å². The average molecular weight is 250 g/mol. The van der Waals surface area contributed by atoms with Crippen LogP contribution in [0.5, 0.6) is 5.75 Å². The van der Waals surface area contributed by atoms with E-state index in [1.165, 1.54) is 0 Å². The van der Waals surface area contributed by atoms with E-state index in [0.717, 1.165) is 21.2 Å². The smallest absolute Gasteiger partial charge is 0.116 e. The van der Waals surface area contributed by atoms with Gasteiger partial charge in [-0.1, -0.05) is 23.4 Å². The minimum Gasteiger partial charge on any atom is -0.508 e. The van der Waals surface area contributed by atoms with Crippen LogP contribution in [-0.4, -0.2) is 5.11 Å². The van der Waals surface area contributed by atoms with Gasteiger partial charge in [0, 0.05) is 14.8 Å². The summed E-state index contributed by atoms with van der Waals surface area (Å²) in [7, 11) is 0. The molecule has 1 aliphatic heterocycles. The van der Waals surface area contributed by atoms with Crippen LogP contribution >= 0.6 is 23.4 Å². The van der Waals surface area contributed by atoms with Crippen LogP contribution < -0.4 is 5.32 Å². The standard InChI is InChI=1S/C12H8ClNOS/c13-7-1-4-11-10(5-7)14-9-3-2-8(15)6-12(9)16-11/h1-6,14-15H. The molecule has 4 heteroatoms. The van der Waals surface area contributed by atoms with Crippen molar-refractivity contribution in [1.29, 1.82) is 0 Å².